The maximum atomic E-state index is 12.7. The summed E-state index contributed by atoms with van der Waals surface area (Å²) in [7, 11) is 0. The highest BCUT2D eigenvalue weighted by molar-refractivity contribution is 7.98. The number of hydrogen-bond donors (Lipinski definition) is 2. The van der Waals surface area contributed by atoms with Gasteiger partial charge in [-0.25, -0.2) is 4.98 Å². The van der Waals surface area contributed by atoms with Gasteiger partial charge in [0.15, 0.2) is 5.16 Å². The summed E-state index contributed by atoms with van der Waals surface area (Å²) in [6, 6.07) is 10.3. The fraction of sp³-hybridized carbons (Fsp3) is 0.500. The van der Waals surface area contributed by atoms with E-state index in [0.717, 1.165) is 12.8 Å². The normalized spacial score (nSPS) is 15.9. The Bertz CT molecular complexity index is 845. The zero-order valence-electron chi connectivity index (χ0n) is 16.7. The first-order chi connectivity index (χ1) is 13.6. The van der Waals surface area contributed by atoms with E-state index in [1.165, 1.54) is 36.6 Å². The van der Waals surface area contributed by atoms with Crippen LogP contribution in [0.15, 0.2) is 40.3 Å². The summed E-state index contributed by atoms with van der Waals surface area (Å²) in [4.78, 5) is 32.2. The fourth-order valence-electron chi connectivity index (χ4n) is 4.06. The minimum Gasteiger partial charge on any atom is -0.349 e. The molecule has 0 radical (unpaired) electrons. The molecule has 1 aromatic heterocycles. The molecule has 1 amide bonds. The van der Waals surface area contributed by atoms with E-state index in [0.29, 0.717) is 35.2 Å². The van der Waals surface area contributed by atoms with Crippen LogP contribution in [0.1, 0.15) is 61.4 Å². The van der Waals surface area contributed by atoms with Crippen molar-refractivity contribution in [3.8, 4) is 0 Å². The van der Waals surface area contributed by atoms with E-state index in [1.807, 2.05) is 31.4 Å². The lowest BCUT2D eigenvalue weighted by Crippen LogP contribution is -2.35. The molecular formula is C22H29N3O2S. The molecule has 0 bridgehead atoms. The fourth-order valence-corrected chi connectivity index (χ4v) is 4.48. The van der Waals surface area contributed by atoms with E-state index in [9.17, 15) is 9.59 Å². The van der Waals surface area contributed by atoms with Crippen molar-refractivity contribution >= 4 is 17.7 Å². The third-order valence-corrected chi connectivity index (χ3v) is 6.17. The van der Waals surface area contributed by atoms with Crippen molar-refractivity contribution in [1.82, 2.24) is 15.3 Å². The predicted octanol–water partition coefficient (Wildman–Crippen LogP) is 4.17. The smallest absolute Gasteiger partial charge is 0.254 e. The molecule has 1 aliphatic carbocycles. The van der Waals surface area contributed by atoms with Crippen LogP contribution in [0.2, 0.25) is 0 Å². The summed E-state index contributed by atoms with van der Waals surface area (Å²) < 4.78 is 0. The van der Waals surface area contributed by atoms with Crippen molar-refractivity contribution in [3.63, 3.8) is 0 Å². The highest BCUT2D eigenvalue weighted by Crippen LogP contribution is 2.34. The van der Waals surface area contributed by atoms with Gasteiger partial charge in [-0.15, -0.1) is 0 Å². The van der Waals surface area contributed by atoms with Gasteiger partial charge in [0.2, 0.25) is 5.91 Å². The number of aromatic amines is 1. The number of benzene rings is 1. The maximum Gasteiger partial charge on any atom is 0.254 e. The minimum atomic E-state index is -0.142. The van der Waals surface area contributed by atoms with Crippen LogP contribution in [0.3, 0.4) is 0 Å². The van der Waals surface area contributed by atoms with Gasteiger partial charge in [0.25, 0.3) is 5.56 Å². The third kappa shape index (κ3) is 5.25. The molecule has 5 nitrogen and oxygen atoms in total. The summed E-state index contributed by atoms with van der Waals surface area (Å²) in [6.45, 7) is 1.83. The van der Waals surface area contributed by atoms with E-state index >= 15 is 0 Å². The standard InChI is InChI=1S/C22H29N3O2S/c1-15-18(21(27)25-22(23-15)28-2)13-14-19(26)24-20(16-9-5-3-6-10-16)17-11-7-4-8-12-17/h3,5-6,9-10,17,20H,4,7-8,11-14H2,1-2H3,(H,24,26)(H,23,25,27). The molecule has 2 N–H and O–H groups in total. The number of carbonyl (C=O) groups excluding carboxylic acids is 1. The molecule has 150 valence electrons. The molecule has 1 unspecified atom stereocenters. The lowest BCUT2D eigenvalue weighted by atomic mass is 9.81. The molecule has 3 rings (SSSR count). The number of carbonyl (C=O) groups is 1. The zero-order chi connectivity index (χ0) is 19.9. The number of thioether (sulfide) groups is 1. The van der Waals surface area contributed by atoms with E-state index < -0.39 is 0 Å². The Labute approximate surface area is 170 Å². The van der Waals surface area contributed by atoms with Crippen LogP contribution < -0.4 is 10.9 Å². The molecule has 0 aliphatic heterocycles. The van der Waals surface area contributed by atoms with Gasteiger partial charge in [-0.3, -0.25) is 9.59 Å². The number of aryl methyl sites for hydroxylation is 1. The number of nitrogens with zero attached hydrogens (tertiary/aromatic N) is 1. The second-order valence-corrected chi connectivity index (χ2v) is 8.29. The third-order valence-electron chi connectivity index (χ3n) is 5.59. The van der Waals surface area contributed by atoms with Gasteiger partial charge >= 0.3 is 0 Å². The van der Waals surface area contributed by atoms with E-state index in [4.69, 9.17) is 0 Å². The Morgan fingerprint density at radius 1 is 1.25 bits per heavy atom. The van der Waals surface area contributed by atoms with Crippen molar-refractivity contribution < 1.29 is 4.79 Å². The molecule has 1 saturated carbocycles. The first kappa shape index (κ1) is 20.6. The van der Waals surface area contributed by atoms with Crippen molar-refractivity contribution in [1.29, 1.82) is 0 Å². The summed E-state index contributed by atoms with van der Waals surface area (Å²) >= 11 is 1.41. The van der Waals surface area contributed by atoms with Gasteiger partial charge in [-0.2, -0.15) is 0 Å². The summed E-state index contributed by atoms with van der Waals surface area (Å²) in [5.41, 5.74) is 2.33. The van der Waals surface area contributed by atoms with Crippen molar-refractivity contribution in [2.75, 3.05) is 6.26 Å². The van der Waals surface area contributed by atoms with Gasteiger partial charge in [-0.05, 0) is 43.9 Å². The van der Waals surface area contributed by atoms with Gasteiger partial charge < -0.3 is 10.3 Å². The summed E-state index contributed by atoms with van der Waals surface area (Å²) in [5.74, 6) is 0.472. The Morgan fingerprint density at radius 3 is 2.61 bits per heavy atom. The first-order valence-electron chi connectivity index (χ1n) is 10.1. The summed E-state index contributed by atoms with van der Waals surface area (Å²) in [6.07, 6.45) is 8.61. The molecule has 1 fully saturated rings. The van der Waals surface area contributed by atoms with Crippen LogP contribution in [0, 0.1) is 12.8 Å². The molecule has 0 spiro atoms. The van der Waals surface area contributed by atoms with Crippen LogP contribution in [-0.4, -0.2) is 22.1 Å². The zero-order valence-corrected chi connectivity index (χ0v) is 17.5. The highest BCUT2D eigenvalue weighted by Gasteiger charge is 2.26. The van der Waals surface area contributed by atoms with Gasteiger partial charge in [0.1, 0.15) is 0 Å². The number of aromatic nitrogens is 2. The van der Waals surface area contributed by atoms with Crippen LogP contribution in [-0.2, 0) is 11.2 Å². The van der Waals surface area contributed by atoms with Crippen molar-refractivity contribution in [2.24, 2.45) is 5.92 Å². The highest BCUT2D eigenvalue weighted by atomic mass is 32.2. The largest absolute Gasteiger partial charge is 0.349 e. The monoisotopic (exact) mass is 399 g/mol. The Balaban J connectivity index is 1.68. The molecule has 1 heterocycles. The van der Waals surface area contributed by atoms with Gasteiger partial charge in [-0.1, -0.05) is 61.4 Å². The molecule has 28 heavy (non-hydrogen) atoms. The average molecular weight is 400 g/mol. The molecule has 0 saturated heterocycles. The lowest BCUT2D eigenvalue weighted by molar-refractivity contribution is -0.122. The molecule has 1 atom stereocenters. The quantitative estimate of drug-likeness (QED) is 0.541. The number of H-pyrrole nitrogens is 1. The average Bonchev–Trinajstić information content (AvgIpc) is 2.72. The summed E-state index contributed by atoms with van der Waals surface area (Å²) in [5, 5.41) is 3.87. The topological polar surface area (TPSA) is 74.8 Å². The van der Waals surface area contributed by atoms with Gasteiger partial charge in [0, 0.05) is 17.7 Å². The van der Waals surface area contributed by atoms with Crippen LogP contribution >= 0.6 is 11.8 Å². The van der Waals surface area contributed by atoms with E-state index in [2.05, 4.69) is 27.4 Å². The Kier molecular flexibility index (Phi) is 7.31. The molecular weight excluding hydrogens is 370 g/mol. The number of nitrogens with one attached hydrogen (secondary N) is 2. The number of amides is 1. The number of rotatable bonds is 7. The maximum absolute atomic E-state index is 12.7. The SMILES string of the molecule is CSc1nc(C)c(CCC(=O)NC(c2ccccc2)C2CCCCC2)c(=O)[nH]1. The minimum absolute atomic E-state index is 0.00725. The predicted molar refractivity (Wildman–Crippen MR) is 114 cm³/mol. The Morgan fingerprint density at radius 2 is 1.96 bits per heavy atom. The second kappa shape index (κ2) is 9.92. The van der Waals surface area contributed by atoms with Gasteiger partial charge in [0.05, 0.1) is 6.04 Å². The second-order valence-electron chi connectivity index (χ2n) is 7.49. The lowest BCUT2D eigenvalue weighted by Gasteiger charge is -2.31. The van der Waals surface area contributed by atoms with Crippen molar-refractivity contribution in [2.45, 2.75) is 63.1 Å². The van der Waals surface area contributed by atoms with Crippen LogP contribution in [0.5, 0.6) is 0 Å². The van der Waals surface area contributed by atoms with E-state index in [1.54, 1.807) is 0 Å². The molecule has 1 aromatic carbocycles. The first-order valence-corrected chi connectivity index (χ1v) is 11.3. The van der Waals surface area contributed by atoms with E-state index in [-0.39, 0.29) is 17.5 Å². The Hall–Kier alpha value is -2.08. The molecule has 2 aromatic rings. The molecule has 6 heteroatoms. The van der Waals surface area contributed by atoms with Crippen LogP contribution in [0.25, 0.3) is 0 Å². The van der Waals surface area contributed by atoms with Crippen LogP contribution in [0.4, 0.5) is 0 Å². The number of hydrogen-bond acceptors (Lipinski definition) is 4. The van der Waals surface area contributed by atoms with Crippen molar-refractivity contribution in [3.05, 3.63) is 57.5 Å². The molecule has 1 aliphatic rings.